The lowest BCUT2D eigenvalue weighted by molar-refractivity contribution is 0.131. The summed E-state index contributed by atoms with van der Waals surface area (Å²) < 4.78 is 8.51. The van der Waals surface area contributed by atoms with Gasteiger partial charge in [0.05, 0.1) is 17.3 Å². The van der Waals surface area contributed by atoms with Crippen molar-refractivity contribution in [3.05, 3.63) is 60.6 Å². The fourth-order valence-corrected chi connectivity index (χ4v) is 5.31. The second-order valence-electron chi connectivity index (χ2n) is 9.18. The van der Waals surface area contributed by atoms with Crippen molar-refractivity contribution in [1.29, 1.82) is 0 Å². The van der Waals surface area contributed by atoms with E-state index in [2.05, 4.69) is 46.2 Å². The summed E-state index contributed by atoms with van der Waals surface area (Å²) >= 11 is 0. The first-order chi connectivity index (χ1) is 16.3. The third kappa shape index (κ3) is 3.78. The molecule has 1 N–H and O–H groups in total. The van der Waals surface area contributed by atoms with Gasteiger partial charge in [-0.3, -0.25) is 14.6 Å². The van der Waals surface area contributed by atoms with Crippen molar-refractivity contribution in [3.8, 4) is 28.3 Å². The van der Waals surface area contributed by atoms with Crippen molar-refractivity contribution >= 4 is 10.9 Å². The topological polar surface area (TPSA) is 64.9 Å². The maximum Gasteiger partial charge on any atom is 0.121 e. The Labute approximate surface area is 194 Å². The van der Waals surface area contributed by atoms with E-state index >= 15 is 0 Å². The van der Waals surface area contributed by atoms with Gasteiger partial charge in [-0.15, -0.1) is 0 Å². The van der Waals surface area contributed by atoms with Crippen LogP contribution in [0.2, 0.25) is 0 Å². The van der Waals surface area contributed by atoms with Crippen molar-refractivity contribution in [2.75, 3.05) is 13.1 Å². The number of benzene rings is 1. The van der Waals surface area contributed by atoms with E-state index in [-0.39, 0.29) is 6.10 Å². The number of piperidine rings is 1. The molecular weight excluding hydrogens is 410 g/mol. The van der Waals surface area contributed by atoms with Gasteiger partial charge in [0.1, 0.15) is 11.4 Å². The molecule has 0 spiro atoms. The number of ether oxygens (including phenoxy) is 1. The number of fused-ring (bicyclic) bond motifs is 2. The summed E-state index contributed by atoms with van der Waals surface area (Å²) in [5.41, 5.74) is 6.46. The van der Waals surface area contributed by atoms with Crippen LogP contribution in [-0.4, -0.2) is 38.9 Å². The van der Waals surface area contributed by atoms with Gasteiger partial charge in [-0.05, 0) is 75.0 Å². The van der Waals surface area contributed by atoms with Crippen LogP contribution in [0.4, 0.5) is 0 Å². The van der Waals surface area contributed by atoms with Gasteiger partial charge in [0, 0.05) is 54.1 Å². The van der Waals surface area contributed by atoms with Gasteiger partial charge >= 0.3 is 0 Å². The highest BCUT2D eigenvalue weighted by molar-refractivity contribution is 5.99. The maximum absolute atomic E-state index is 6.35. The van der Waals surface area contributed by atoms with Gasteiger partial charge < -0.3 is 10.1 Å². The standard InChI is InChI=1S/C27H29N5O/c1-18(19-6-4-12-28-17-19)33-20-9-10-21-22(11-14-30-24(21)16-20)26-25-8-5-15-32(25)31-27(26)23-7-2-3-13-29-23/h2-3,7,9-11,13-14,16,18-19,28H,4-6,8,12,15,17H2,1H3. The fourth-order valence-electron chi connectivity index (χ4n) is 5.31. The van der Waals surface area contributed by atoms with Crippen molar-refractivity contribution in [2.45, 2.75) is 45.3 Å². The van der Waals surface area contributed by atoms with Gasteiger partial charge in [-0.1, -0.05) is 6.07 Å². The Balaban J connectivity index is 1.39. The molecule has 0 saturated carbocycles. The molecule has 6 nitrogen and oxygen atoms in total. The lowest BCUT2D eigenvalue weighted by Crippen LogP contribution is -2.37. The Hall–Kier alpha value is -3.25. The number of hydrogen-bond acceptors (Lipinski definition) is 5. The Kier molecular flexibility index (Phi) is 5.30. The minimum atomic E-state index is 0.174. The minimum absolute atomic E-state index is 0.174. The number of nitrogens with one attached hydrogen (secondary N) is 1. The zero-order valence-corrected chi connectivity index (χ0v) is 19.0. The summed E-state index contributed by atoms with van der Waals surface area (Å²) in [7, 11) is 0. The molecule has 0 amide bonds. The van der Waals surface area contributed by atoms with Crippen molar-refractivity contribution in [2.24, 2.45) is 5.92 Å². The molecule has 2 atom stereocenters. The molecule has 3 aromatic heterocycles. The minimum Gasteiger partial charge on any atom is -0.490 e. The lowest BCUT2D eigenvalue weighted by atomic mass is 9.94. The summed E-state index contributed by atoms with van der Waals surface area (Å²) in [6.45, 7) is 5.29. The summed E-state index contributed by atoms with van der Waals surface area (Å²) in [5, 5.41) is 9.57. The molecule has 2 unspecified atom stereocenters. The molecule has 4 aromatic rings. The van der Waals surface area contributed by atoms with Crippen LogP contribution in [0.1, 0.15) is 31.9 Å². The highest BCUT2D eigenvalue weighted by Gasteiger charge is 2.26. The molecule has 1 fully saturated rings. The van der Waals surface area contributed by atoms with Crippen LogP contribution in [-0.2, 0) is 13.0 Å². The van der Waals surface area contributed by atoms with E-state index in [1.54, 1.807) is 0 Å². The Morgan fingerprint density at radius 2 is 2.06 bits per heavy atom. The summed E-state index contributed by atoms with van der Waals surface area (Å²) in [4.78, 5) is 9.30. The van der Waals surface area contributed by atoms with Crippen LogP contribution in [0, 0.1) is 5.92 Å². The van der Waals surface area contributed by atoms with Gasteiger partial charge in [-0.25, -0.2) is 0 Å². The number of rotatable bonds is 5. The predicted octanol–water partition coefficient (Wildman–Crippen LogP) is 4.87. The van der Waals surface area contributed by atoms with Crippen LogP contribution >= 0.6 is 0 Å². The second kappa shape index (κ2) is 8.60. The number of aryl methyl sites for hydroxylation is 1. The molecule has 168 valence electrons. The molecule has 6 heteroatoms. The van der Waals surface area contributed by atoms with Crippen molar-refractivity contribution in [1.82, 2.24) is 25.1 Å². The number of nitrogens with zero attached hydrogens (tertiary/aromatic N) is 4. The lowest BCUT2D eigenvalue weighted by Gasteiger charge is -2.28. The average molecular weight is 440 g/mol. The molecule has 33 heavy (non-hydrogen) atoms. The molecular formula is C27H29N5O. The normalized spacial score (nSPS) is 18.9. The quantitative estimate of drug-likeness (QED) is 0.480. The number of hydrogen-bond donors (Lipinski definition) is 1. The summed E-state index contributed by atoms with van der Waals surface area (Å²) in [5.74, 6) is 1.43. The SMILES string of the molecule is CC(Oc1ccc2c(-c3c(-c4ccccn4)nn4c3CCC4)ccnc2c1)C1CCCNC1. The number of pyridine rings is 2. The zero-order chi connectivity index (χ0) is 22.2. The van der Waals surface area contributed by atoms with Crippen LogP contribution in [0.3, 0.4) is 0 Å². The first-order valence-corrected chi connectivity index (χ1v) is 12.1. The Bertz CT molecular complexity index is 1280. The molecule has 0 radical (unpaired) electrons. The molecule has 5 heterocycles. The van der Waals surface area contributed by atoms with Crippen molar-refractivity contribution in [3.63, 3.8) is 0 Å². The van der Waals surface area contributed by atoms with Crippen LogP contribution < -0.4 is 10.1 Å². The first-order valence-electron chi connectivity index (χ1n) is 12.1. The summed E-state index contributed by atoms with van der Waals surface area (Å²) in [6.07, 6.45) is 8.51. The van der Waals surface area contributed by atoms with Crippen molar-refractivity contribution < 1.29 is 4.74 Å². The monoisotopic (exact) mass is 439 g/mol. The molecule has 6 rings (SSSR count). The van der Waals surface area contributed by atoms with Gasteiger partial charge in [0.15, 0.2) is 0 Å². The predicted molar refractivity (Wildman–Crippen MR) is 130 cm³/mol. The smallest absolute Gasteiger partial charge is 0.121 e. The molecule has 2 aliphatic rings. The Morgan fingerprint density at radius 1 is 1.09 bits per heavy atom. The van der Waals surface area contributed by atoms with E-state index in [1.807, 2.05) is 30.6 Å². The highest BCUT2D eigenvalue weighted by atomic mass is 16.5. The van der Waals surface area contributed by atoms with Crippen LogP contribution in [0.15, 0.2) is 54.9 Å². The fraction of sp³-hybridized carbons (Fsp3) is 0.370. The van der Waals surface area contributed by atoms with E-state index < -0.39 is 0 Å². The van der Waals surface area contributed by atoms with Crippen LogP contribution in [0.25, 0.3) is 33.4 Å². The van der Waals surface area contributed by atoms with E-state index in [0.29, 0.717) is 5.92 Å². The average Bonchev–Trinajstić information content (AvgIpc) is 3.46. The Morgan fingerprint density at radius 3 is 2.91 bits per heavy atom. The number of aromatic nitrogens is 4. The first kappa shape index (κ1) is 20.4. The molecule has 0 aliphatic carbocycles. The van der Waals surface area contributed by atoms with Gasteiger partial charge in [-0.2, -0.15) is 5.10 Å². The molecule has 1 saturated heterocycles. The summed E-state index contributed by atoms with van der Waals surface area (Å²) in [6, 6.07) is 14.4. The van der Waals surface area contributed by atoms with Crippen LogP contribution in [0.5, 0.6) is 5.75 Å². The van der Waals surface area contributed by atoms with E-state index in [4.69, 9.17) is 14.8 Å². The van der Waals surface area contributed by atoms with E-state index in [0.717, 1.165) is 60.5 Å². The third-order valence-electron chi connectivity index (χ3n) is 7.05. The van der Waals surface area contributed by atoms with Gasteiger partial charge in [0.25, 0.3) is 0 Å². The van der Waals surface area contributed by atoms with E-state index in [1.165, 1.54) is 29.7 Å². The third-order valence-corrected chi connectivity index (χ3v) is 7.05. The maximum atomic E-state index is 6.35. The largest absolute Gasteiger partial charge is 0.490 e. The van der Waals surface area contributed by atoms with Gasteiger partial charge in [0.2, 0.25) is 0 Å². The zero-order valence-electron chi connectivity index (χ0n) is 19.0. The molecule has 2 aliphatic heterocycles. The highest BCUT2D eigenvalue weighted by Crippen LogP contribution is 2.40. The second-order valence-corrected chi connectivity index (χ2v) is 9.18. The molecule has 1 aromatic carbocycles. The molecule has 0 bridgehead atoms. The van der Waals surface area contributed by atoms with E-state index in [9.17, 15) is 0 Å².